The van der Waals surface area contributed by atoms with Crippen LogP contribution in [0.25, 0.3) is 6.08 Å². The number of hydrogen-bond acceptors (Lipinski definition) is 7. The molecule has 0 aliphatic rings. The Kier molecular flexibility index (Phi) is 19.2. The maximum absolute atomic E-state index is 10.3. The standard InChI is InChI=1S/C9H8O2.C5H9O6P.C2H5O3P.Na/c1-2-7-3-5-8(6-4-7)9(10)11;1-2-5(6)10-3-4-11-12(7,8)9;1-2-6(3,4)5;/h2-6H,1H2,(H,10,11);2H,1,3-4H2,(H2,7,8,9);2H,1H2,(H2,3,4,5);/q;;;+1/p-1. The van der Waals surface area contributed by atoms with Crippen molar-refractivity contribution in [2.24, 2.45) is 0 Å². The van der Waals surface area contributed by atoms with Gasteiger partial charge in [-0.25, -0.2) is 9.36 Å². The van der Waals surface area contributed by atoms with Gasteiger partial charge in [0, 0.05) is 11.9 Å². The van der Waals surface area contributed by atoms with Gasteiger partial charge >= 0.3 is 50.9 Å². The van der Waals surface area contributed by atoms with Crippen LogP contribution in [0.4, 0.5) is 0 Å². The number of esters is 1. The van der Waals surface area contributed by atoms with Crippen molar-refractivity contribution in [2.45, 2.75) is 0 Å². The van der Waals surface area contributed by atoms with Crippen LogP contribution in [0.15, 0.2) is 55.9 Å². The van der Waals surface area contributed by atoms with Crippen LogP contribution in [-0.2, 0) is 23.2 Å². The summed E-state index contributed by atoms with van der Waals surface area (Å²) in [5.41, 5.74) is 1.09. The normalized spacial score (nSPS) is 9.87. The predicted octanol–water partition coefficient (Wildman–Crippen LogP) is -2.17. The molecule has 0 aliphatic heterocycles. The minimum Gasteiger partial charge on any atom is -0.545 e. The first-order chi connectivity index (χ1) is 13.3. The Bertz CT molecular complexity index is 781. The van der Waals surface area contributed by atoms with Crippen LogP contribution in [0.5, 0.6) is 0 Å². The second-order valence-electron chi connectivity index (χ2n) is 4.58. The van der Waals surface area contributed by atoms with E-state index in [9.17, 15) is 23.8 Å². The average molecular weight is 474 g/mol. The molecule has 30 heavy (non-hydrogen) atoms. The summed E-state index contributed by atoms with van der Waals surface area (Å²) in [7, 11) is -8.33. The Morgan fingerprint density at radius 1 is 1.00 bits per heavy atom. The summed E-state index contributed by atoms with van der Waals surface area (Å²) in [6.07, 6.45) is 2.59. The number of carboxylic acids is 1. The summed E-state index contributed by atoms with van der Waals surface area (Å²) in [5.74, 6) is -1.21. The fraction of sp³-hybridized carbons (Fsp3) is 0.125. The Balaban J connectivity index is -0.000000378. The van der Waals surface area contributed by atoms with Crippen LogP contribution in [0.3, 0.4) is 0 Å². The molecular weight excluding hydrogens is 453 g/mol. The Morgan fingerprint density at radius 3 is 1.77 bits per heavy atom. The molecule has 0 fully saturated rings. The SMILES string of the molecule is C=CC(=O)OCCOP(=O)(O)O.C=CP(=O)(O)O.C=Cc1ccc(C(=O)[O-])cc1.[Na+]. The van der Waals surface area contributed by atoms with Gasteiger partial charge in [-0.05, 0) is 11.1 Å². The van der Waals surface area contributed by atoms with E-state index < -0.39 is 27.4 Å². The van der Waals surface area contributed by atoms with Crippen LogP contribution in [0.2, 0.25) is 0 Å². The van der Waals surface area contributed by atoms with Crippen molar-refractivity contribution in [1.82, 2.24) is 0 Å². The largest absolute Gasteiger partial charge is 1.00 e. The Morgan fingerprint density at radius 2 is 1.47 bits per heavy atom. The van der Waals surface area contributed by atoms with Gasteiger partial charge < -0.3 is 34.2 Å². The van der Waals surface area contributed by atoms with Crippen molar-refractivity contribution >= 4 is 33.4 Å². The number of carbonyl (C=O) groups is 2. The summed E-state index contributed by atoms with van der Waals surface area (Å²) < 4.78 is 28.0. The molecule has 0 atom stereocenters. The van der Waals surface area contributed by atoms with Gasteiger partial charge in [0.1, 0.15) is 6.61 Å². The molecular formula is C16H21NaO11P2. The molecule has 162 valence electrons. The number of phosphoric ester groups is 1. The van der Waals surface area contributed by atoms with E-state index in [2.05, 4.69) is 29.0 Å². The van der Waals surface area contributed by atoms with Crippen LogP contribution in [-0.4, -0.2) is 44.7 Å². The van der Waals surface area contributed by atoms with Crippen molar-refractivity contribution in [3.8, 4) is 0 Å². The third-order valence-corrected chi connectivity index (χ3v) is 3.37. The van der Waals surface area contributed by atoms with Crippen molar-refractivity contribution in [1.29, 1.82) is 0 Å². The predicted molar refractivity (Wildman–Crippen MR) is 102 cm³/mol. The van der Waals surface area contributed by atoms with E-state index in [-0.39, 0.29) is 48.3 Å². The molecule has 0 saturated heterocycles. The molecule has 0 aliphatic carbocycles. The zero-order valence-corrected chi connectivity index (χ0v) is 19.9. The fourth-order valence-electron chi connectivity index (χ4n) is 1.11. The zero-order valence-electron chi connectivity index (χ0n) is 16.1. The maximum Gasteiger partial charge on any atom is 1.00 e. The van der Waals surface area contributed by atoms with E-state index in [1.54, 1.807) is 18.2 Å². The molecule has 4 N–H and O–H groups in total. The van der Waals surface area contributed by atoms with Crippen LogP contribution < -0.4 is 34.7 Å². The first-order valence-corrected chi connectivity index (χ1v) is 10.6. The first-order valence-electron chi connectivity index (χ1n) is 7.37. The summed E-state index contributed by atoms with van der Waals surface area (Å²) in [5, 5.41) is 10.3. The quantitative estimate of drug-likeness (QED) is 0.105. The van der Waals surface area contributed by atoms with Gasteiger partial charge in [0.25, 0.3) is 0 Å². The molecule has 0 heterocycles. The van der Waals surface area contributed by atoms with E-state index in [4.69, 9.17) is 19.6 Å². The van der Waals surface area contributed by atoms with Crippen molar-refractivity contribution in [2.75, 3.05) is 13.2 Å². The molecule has 1 rings (SSSR count). The topological polar surface area (TPSA) is 191 Å². The Hall–Kier alpha value is -1.36. The number of aromatic carboxylic acids is 1. The minimum absolute atomic E-state index is 0. The molecule has 14 heteroatoms. The van der Waals surface area contributed by atoms with Gasteiger partial charge in [0.05, 0.1) is 12.6 Å². The van der Waals surface area contributed by atoms with E-state index in [0.29, 0.717) is 5.82 Å². The van der Waals surface area contributed by atoms with Gasteiger partial charge in [-0.2, -0.15) is 0 Å². The van der Waals surface area contributed by atoms with E-state index in [1.807, 2.05) is 0 Å². The number of hydrogen-bond donors (Lipinski definition) is 4. The molecule has 0 unspecified atom stereocenters. The summed E-state index contributed by atoms with van der Waals surface area (Å²) in [6.45, 7) is 8.97. The molecule has 11 nitrogen and oxygen atoms in total. The molecule has 0 aromatic heterocycles. The van der Waals surface area contributed by atoms with Crippen molar-refractivity contribution in [3.05, 3.63) is 67.0 Å². The number of phosphoric acid groups is 1. The zero-order chi connectivity index (χ0) is 23.1. The molecule has 0 amide bonds. The number of carbonyl (C=O) groups excluding carboxylic acids is 2. The summed E-state index contributed by atoms with van der Waals surface area (Å²) in [4.78, 5) is 52.6. The van der Waals surface area contributed by atoms with Crippen LogP contribution in [0, 0.1) is 0 Å². The number of benzene rings is 1. The van der Waals surface area contributed by atoms with E-state index in [1.165, 1.54) is 12.1 Å². The Labute approximate surface area is 195 Å². The number of rotatable bonds is 8. The monoisotopic (exact) mass is 474 g/mol. The third-order valence-electron chi connectivity index (χ3n) is 2.37. The molecule has 0 radical (unpaired) electrons. The molecule has 1 aromatic carbocycles. The second kappa shape index (κ2) is 17.3. The molecule has 1 aromatic rings. The fourth-order valence-corrected chi connectivity index (χ4v) is 1.43. The third kappa shape index (κ3) is 22.9. The van der Waals surface area contributed by atoms with Crippen LogP contribution in [0.1, 0.15) is 15.9 Å². The van der Waals surface area contributed by atoms with Gasteiger partial charge in [0.15, 0.2) is 0 Å². The van der Waals surface area contributed by atoms with Crippen LogP contribution >= 0.6 is 15.4 Å². The van der Waals surface area contributed by atoms with E-state index >= 15 is 0 Å². The van der Waals surface area contributed by atoms with Gasteiger partial charge in [-0.1, -0.05) is 50.1 Å². The maximum atomic E-state index is 10.3. The minimum atomic E-state index is -4.45. The van der Waals surface area contributed by atoms with Crippen molar-refractivity contribution < 1.29 is 82.2 Å². The van der Waals surface area contributed by atoms with E-state index in [0.717, 1.165) is 11.6 Å². The first kappa shape index (κ1) is 33.3. The molecule has 0 bridgehead atoms. The molecule has 0 spiro atoms. The van der Waals surface area contributed by atoms with Gasteiger partial charge in [-0.3, -0.25) is 9.09 Å². The van der Waals surface area contributed by atoms with Crippen molar-refractivity contribution in [3.63, 3.8) is 0 Å². The summed E-state index contributed by atoms with van der Waals surface area (Å²) in [6, 6.07) is 6.34. The van der Waals surface area contributed by atoms with Gasteiger partial charge in [0.2, 0.25) is 0 Å². The number of carboxylic acid groups (broad SMARTS) is 1. The average Bonchev–Trinajstić information content (AvgIpc) is 2.64. The molecule has 0 saturated carbocycles. The number of ether oxygens (including phenoxy) is 1. The van der Waals surface area contributed by atoms with Gasteiger partial charge in [-0.15, -0.1) is 0 Å². The smallest absolute Gasteiger partial charge is 0.545 e. The second-order valence-corrected chi connectivity index (χ2v) is 7.36. The summed E-state index contributed by atoms with van der Waals surface area (Å²) >= 11 is 0.